The first-order chi connectivity index (χ1) is 11.1. The summed E-state index contributed by atoms with van der Waals surface area (Å²) in [6.07, 6.45) is -4.84. The van der Waals surface area contributed by atoms with Crippen molar-refractivity contribution < 1.29 is 35.9 Å². The van der Waals surface area contributed by atoms with Gasteiger partial charge in [0.25, 0.3) is 0 Å². The van der Waals surface area contributed by atoms with Crippen molar-refractivity contribution in [1.82, 2.24) is 0 Å². The Labute approximate surface area is 131 Å². The van der Waals surface area contributed by atoms with Crippen molar-refractivity contribution in [3.05, 3.63) is 53.8 Å². The third-order valence-corrected chi connectivity index (χ3v) is 2.59. The molecule has 0 spiro atoms. The molecule has 0 aliphatic carbocycles. The first-order valence-corrected chi connectivity index (χ1v) is 6.22. The van der Waals surface area contributed by atoms with Gasteiger partial charge in [-0.25, -0.2) is 18.0 Å². The Balaban J connectivity index is 2.00. The maximum absolute atomic E-state index is 13.0. The van der Waals surface area contributed by atoms with Crippen LogP contribution in [-0.2, 0) is 0 Å². The average molecular weight is 350 g/mol. The zero-order chi connectivity index (χ0) is 17.9. The van der Waals surface area contributed by atoms with E-state index < -0.39 is 35.6 Å². The molecule has 24 heavy (non-hydrogen) atoms. The standard InChI is InChI=1S/C14H8F6N2O2/c15-10-5-8(6-11(16)12(10)17)22-13(23)21-7-1-3-9(4-2-7)24-14(18,19)20/h1-6H,(H2,21,22,23). The number of alkyl halides is 3. The van der Waals surface area contributed by atoms with Gasteiger partial charge in [0.1, 0.15) is 5.75 Å². The van der Waals surface area contributed by atoms with E-state index in [0.29, 0.717) is 12.1 Å². The summed E-state index contributed by atoms with van der Waals surface area (Å²) in [4.78, 5) is 11.6. The number of anilines is 2. The normalized spacial score (nSPS) is 11.1. The highest BCUT2D eigenvalue weighted by Gasteiger charge is 2.30. The molecule has 0 heterocycles. The van der Waals surface area contributed by atoms with Crippen molar-refractivity contribution in [2.24, 2.45) is 0 Å². The molecular formula is C14H8F6N2O2. The van der Waals surface area contributed by atoms with Crippen LogP contribution < -0.4 is 15.4 Å². The predicted molar refractivity (Wildman–Crippen MR) is 72.1 cm³/mol. The van der Waals surface area contributed by atoms with Crippen molar-refractivity contribution in [2.75, 3.05) is 10.6 Å². The van der Waals surface area contributed by atoms with Crippen LogP contribution in [0.3, 0.4) is 0 Å². The molecular weight excluding hydrogens is 342 g/mol. The molecule has 128 valence electrons. The van der Waals surface area contributed by atoms with Gasteiger partial charge in [-0.1, -0.05) is 0 Å². The highest BCUT2D eigenvalue weighted by Crippen LogP contribution is 2.24. The van der Waals surface area contributed by atoms with Crippen LogP contribution >= 0.6 is 0 Å². The van der Waals surface area contributed by atoms with Crippen LogP contribution in [0.5, 0.6) is 5.75 Å². The van der Waals surface area contributed by atoms with Gasteiger partial charge in [0.15, 0.2) is 17.5 Å². The Hall–Kier alpha value is -2.91. The monoisotopic (exact) mass is 350 g/mol. The molecule has 0 fully saturated rings. The number of carbonyl (C=O) groups is 1. The number of amides is 2. The van der Waals surface area contributed by atoms with E-state index in [1.807, 2.05) is 5.32 Å². The second-order valence-corrected chi connectivity index (χ2v) is 4.41. The topological polar surface area (TPSA) is 50.4 Å². The van der Waals surface area contributed by atoms with Crippen LogP contribution in [0.2, 0.25) is 0 Å². The molecule has 2 N–H and O–H groups in total. The SMILES string of the molecule is O=C(Nc1ccc(OC(F)(F)F)cc1)Nc1cc(F)c(F)c(F)c1. The van der Waals surface area contributed by atoms with Gasteiger partial charge in [-0.3, -0.25) is 0 Å². The number of rotatable bonds is 3. The molecule has 0 aliphatic rings. The van der Waals surface area contributed by atoms with E-state index in [-0.39, 0.29) is 11.4 Å². The van der Waals surface area contributed by atoms with Gasteiger partial charge in [0.2, 0.25) is 0 Å². The van der Waals surface area contributed by atoms with Crippen molar-refractivity contribution in [3.63, 3.8) is 0 Å². The second-order valence-electron chi connectivity index (χ2n) is 4.41. The summed E-state index contributed by atoms with van der Waals surface area (Å²) in [6, 6.07) is 4.35. The van der Waals surface area contributed by atoms with Crippen LogP contribution in [0.4, 0.5) is 42.5 Å². The summed E-state index contributed by atoms with van der Waals surface area (Å²) in [7, 11) is 0. The molecule has 10 heteroatoms. The number of halogens is 6. The van der Waals surface area contributed by atoms with Gasteiger partial charge in [0.05, 0.1) is 0 Å². The number of hydrogen-bond acceptors (Lipinski definition) is 2. The first-order valence-electron chi connectivity index (χ1n) is 6.22. The molecule has 2 aromatic rings. The lowest BCUT2D eigenvalue weighted by molar-refractivity contribution is -0.274. The smallest absolute Gasteiger partial charge is 0.406 e. The third kappa shape index (κ3) is 4.80. The summed E-state index contributed by atoms with van der Waals surface area (Å²) in [5, 5.41) is 4.25. The van der Waals surface area contributed by atoms with E-state index in [4.69, 9.17) is 0 Å². The second kappa shape index (κ2) is 6.69. The minimum absolute atomic E-state index is 0.0880. The maximum Gasteiger partial charge on any atom is 0.573 e. The fourth-order valence-corrected chi connectivity index (χ4v) is 1.66. The number of carbonyl (C=O) groups excluding carboxylic acids is 1. The zero-order valence-electron chi connectivity index (χ0n) is 11.5. The van der Waals surface area contributed by atoms with Gasteiger partial charge in [0, 0.05) is 23.5 Å². The van der Waals surface area contributed by atoms with Gasteiger partial charge >= 0.3 is 12.4 Å². The molecule has 2 amide bonds. The largest absolute Gasteiger partial charge is 0.573 e. The number of ether oxygens (including phenoxy) is 1. The maximum atomic E-state index is 13.0. The van der Waals surface area contributed by atoms with E-state index in [1.165, 1.54) is 0 Å². The minimum atomic E-state index is -4.84. The number of hydrogen-bond donors (Lipinski definition) is 2. The Morgan fingerprint density at radius 2 is 1.38 bits per heavy atom. The van der Waals surface area contributed by atoms with Crippen molar-refractivity contribution in [3.8, 4) is 5.75 Å². The molecule has 0 atom stereocenters. The molecule has 0 aromatic heterocycles. The van der Waals surface area contributed by atoms with E-state index in [1.54, 1.807) is 0 Å². The van der Waals surface area contributed by atoms with Crippen molar-refractivity contribution in [1.29, 1.82) is 0 Å². The fraction of sp³-hybridized carbons (Fsp3) is 0.0714. The summed E-state index contributed by atoms with van der Waals surface area (Å²) < 4.78 is 78.4. The minimum Gasteiger partial charge on any atom is -0.406 e. The lowest BCUT2D eigenvalue weighted by Gasteiger charge is -2.11. The third-order valence-electron chi connectivity index (χ3n) is 2.59. The van der Waals surface area contributed by atoms with Gasteiger partial charge < -0.3 is 15.4 Å². The molecule has 0 aliphatic heterocycles. The van der Waals surface area contributed by atoms with E-state index >= 15 is 0 Å². The number of urea groups is 1. The number of benzene rings is 2. The summed E-state index contributed by atoms with van der Waals surface area (Å²) in [5.41, 5.74) is -0.258. The zero-order valence-corrected chi connectivity index (χ0v) is 11.5. The summed E-state index contributed by atoms with van der Waals surface area (Å²) in [6.45, 7) is 0. The highest BCUT2D eigenvalue weighted by atomic mass is 19.4. The average Bonchev–Trinajstić information content (AvgIpc) is 2.45. The molecule has 2 aromatic carbocycles. The Kier molecular flexibility index (Phi) is 4.86. The van der Waals surface area contributed by atoms with E-state index in [0.717, 1.165) is 24.3 Å². The van der Waals surface area contributed by atoms with Crippen LogP contribution in [-0.4, -0.2) is 12.4 Å². The lowest BCUT2D eigenvalue weighted by atomic mass is 10.3. The Morgan fingerprint density at radius 3 is 1.88 bits per heavy atom. The molecule has 0 saturated carbocycles. The van der Waals surface area contributed by atoms with Gasteiger partial charge in [-0.2, -0.15) is 0 Å². The molecule has 2 rings (SSSR count). The van der Waals surface area contributed by atoms with Crippen molar-refractivity contribution in [2.45, 2.75) is 6.36 Å². The molecule has 0 unspecified atom stereocenters. The molecule has 0 radical (unpaired) electrons. The van der Waals surface area contributed by atoms with Crippen LogP contribution in [0.15, 0.2) is 36.4 Å². The summed E-state index contributed by atoms with van der Waals surface area (Å²) >= 11 is 0. The first kappa shape index (κ1) is 17.4. The number of nitrogens with one attached hydrogen (secondary N) is 2. The molecule has 0 bridgehead atoms. The van der Waals surface area contributed by atoms with E-state index in [9.17, 15) is 31.1 Å². The summed E-state index contributed by atoms with van der Waals surface area (Å²) in [5.74, 6) is -5.14. The fourth-order valence-electron chi connectivity index (χ4n) is 1.66. The molecule has 0 saturated heterocycles. The van der Waals surface area contributed by atoms with Crippen molar-refractivity contribution >= 4 is 17.4 Å². The van der Waals surface area contributed by atoms with Gasteiger partial charge in [-0.15, -0.1) is 13.2 Å². The van der Waals surface area contributed by atoms with Crippen LogP contribution in [0.1, 0.15) is 0 Å². The lowest BCUT2D eigenvalue weighted by Crippen LogP contribution is -2.20. The Morgan fingerprint density at radius 1 is 0.875 bits per heavy atom. The van der Waals surface area contributed by atoms with E-state index in [2.05, 4.69) is 10.1 Å². The van der Waals surface area contributed by atoms with Gasteiger partial charge in [-0.05, 0) is 24.3 Å². The van der Waals surface area contributed by atoms with Crippen LogP contribution in [0.25, 0.3) is 0 Å². The Bertz CT molecular complexity index is 723. The predicted octanol–water partition coefficient (Wildman–Crippen LogP) is 4.65. The quantitative estimate of drug-likeness (QED) is 0.626. The van der Waals surface area contributed by atoms with Crippen LogP contribution in [0, 0.1) is 17.5 Å². The molecule has 4 nitrogen and oxygen atoms in total. The highest BCUT2D eigenvalue weighted by molar-refractivity contribution is 5.99.